The quantitative estimate of drug-likeness (QED) is 0.0643. The van der Waals surface area contributed by atoms with Crippen LogP contribution in [0.15, 0.2) is 0 Å². The third-order valence-electron chi connectivity index (χ3n) is 13.2. The van der Waals surface area contributed by atoms with Crippen molar-refractivity contribution in [2.24, 2.45) is 0 Å². The van der Waals surface area contributed by atoms with Crippen LogP contribution in [0.5, 0.6) is 0 Å². The SMILES string of the molecule is CC(=O)N[C@H]1[C@H](OC[C@H]2O[C@@H](O[C@H]3[C@H](O)[C@@H](CO)O[C@@H](O[C@H]4[C@@H](O)[C@@H](CO)O[C@H](O[C@@H]5C(O)O[C@@H](C)[C@@H](O)[C@H]5O)[C@@H]4O)[C@@H]3NC(C)=O)[C@H](O)[C@@H](O)[C@H]2O)O[C@H](CO)[C@@H](O[C@@H]2O[C@H](CO)[C@H](O)[C@H](O)[C@H]2O)[C@@H]1O. The first kappa shape index (κ1) is 59.1. The van der Waals surface area contributed by atoms with Crippen LogP contribution in [0.3, 0.4) is 0 Å². The number of rotatable bonds is 17. The van der Waals surface area contributed by atoms with Gasteiger partial charge >= 0.3 is 0 Å². The van der Waals surface area contributed by atoms with Crippen LogP contribution in [0.4, 0.5) is 0 Å². The van der Waals surface area contributed by atoms with E-state index in [1.54, 1.807) is 0 Å². The van der Waals surface area contributed by atoms with E-state index >= 15 is 0 Å². The Balaban J connectivity index is 1.19. The molecule has 0 aromatic carbocycles. The van der Waals surface area contributed by atoms with Crippen LogP contribution in [0.1, 0.15) is 20.8 Å². The predicted molar refractivity (Wildman–Crippen MR) is 221 cm³/mol. The molecule has 0 bridgehead atoms. The molecule has 19 N–H and O–H groups in total. The maximum atomic E-state index is 12.7. The van der Waals surface area contributed by atoms with Crippen molar-refractivity contribution in [3.8, 4) is 0 Å². The van der Waals surface area contributed by atoms with Crippen LogP contribution in [0, 0.1) is 0 Å². The zero-order chi connectivity index (χ0) is 53.2. The molecule has 0 saturated carbocycles. The van der Waals surface area contributed by atoms with E-state index in [0.29, 0.717) is 0 Å². The monoisotopic (exact) mass is 1060 g/mol. The van der Waals surface area contributed by atoms with Crippen molar-refractivity contribution in [1.29, 1.82) is 0 Å². The lowest BCUT2D eigenvalue weighted by molar-refractivity contribution is -0.382. The van der Waals surface area contributed by atoms with Crippen molar-refractivity contribution >= 4 is 11.8 Å². The van der Waals surface area contributed by atoms with E-state index in [-0.39, 0.29) is 0 Å². The molecule has 0 aliphatic carbocycles. The largest absolute Gasteiger partial charge is 0.394 e. The number of aliphatic hydroxyl groups is 17. The first-order valence-electron chi connectivity index (χ1n) is 23.0. The zero-order valence-corrected chi connectivity index (χ0v) is 38.8. The molecular weight excluding hydrogens is 988 g/mol. The number of hydrogen-bond donors (Lipinski definition) is 19. The summed E-state index contributed by atoms with van der Waals surface area (Å²) in [4.78, 5) is 25.0. The first-order chi connectivity index (χ1) is 34.0. The van der Waals surface area contributed by atoms with Crippen LogP contribution in [-0.4, -0.2) is 316 Å². The fraction of sp³-hybridized carbons (Fsp3) is 0.950. The van der Waals surface area contributed by atoms with Gasteiger partial charge in [0.05, 0.1) is 39.1 Å². The van der Waals surface area contributed by atoms with Gasteiger partial charge in [0.25, 0.3) is 0 Å². The lowest BCUT2D eigenvalue weighted by atomic mass is 9.94. The van der Waals surface area contributed by atoms with Crippen LogP contribution < -0.4 is 10.6 Å². The highest BCUT2D eigenvalue weighted by Crippen LogP contribution is 2.36. The Kier molecular flexibility index (Phi) is 20.8. The second kappa shape index (κ2) is 25.3. The second-order valence-electron chi connectivity index (χ2n) is 18.3. The summed E-state index contributed by atoms with van der Waals surface area (Å²) in [5.74, 6) is -1.63. The Morgan fingerprint density at radius 2 is 0.806 bits per heavy atom. The highest BCUT2D eigenvalue weighted by Gasteiger charge is 2.57. The molecule has 418 valence electrons. The minimum Gasteiger partial charge on any atom is -0.394 e. The molecule has 0 radical (unpaired) electrons. The maximum Gasteiger partial charge on any atom is 0.217 e. The summed E-state index contributed by atoms with van der Waals surface area (Å²) >= 11 is 0. The van der Waals surface area contributed by atoms with E-state index in [4.69, 9.17) is 52.1 Å². The summed E-state index contributed by atoms with van der Waals surface area (Å²) in [5.41, 5.74) is 0. The Morgan fingerprint density at radius 3 is 1.35 bits per heavy atom. The van der Waals surface area contributed by atoms with Crippen LogP contribution in [0.25, 0.3) is 0 Å². The van der Waals surface area contributed by atoms with Gasteiger partial charge in [0.1, 0.15) is 140 Å². The fourth-order valence-corrected chi connectivity index (χ4v) is 9.15. The molecule has 32 nitrogen and oxygen atoms in total. The zero-order valence-electron chi connectivity index (χ0n) is 38.8. The molecule has 72 heavy (non-hydrogen) atoms. The molecule has 6 heterocycles. The van der Waals surface area contributed by atoms with E-state index in [2.05, 4.69) is 10.6 Å². The summed E-state index contributed by atoms with van der Waals surface area (Å²) in [7, 11) is 0. The van der Waals surface area contributed by atoms with Gasteiger partial charge < -0.3 is 150 Å². The normalized spacial score (nSPS) is 50.3. The number of hydrogen-bond acceptors (Lipinski definition) is 30. The lowest BCUT2D eigenvalue weighted by Gasteiger charge is -2.50. The molecule has 0 spiro atoms. The van der Waals surface area contributed by atoms with Crippen LogP contribution >= 0.6 is 0 Å². The van der Waals surface area contributed by atoms with Gasteiger partial charge in [-0.2, -0.15) is 0 Å². The van der Waals surface area contributed by atoms with Crippen molar-refractivity contribution in [1.82, 2.24) is 10.6 Å². The molecule has 6 saturated heterocycles. The molecule has 32 heteroatoms. The number of nitrogens with one attached hydrogen (secondary N) is 2. The van der Waals surface area contributed by atoms with Crippen LogP contribution in [-0.2, 0) is 61.7 Å². The molecule has 2 amide bonds. The number of carbonyl (C=O) groups excluding carboxylic acids is 2. The van der Waals surface area contributed by atoms with E-state index < -0.39 is 229 Å². The van der Waals surface area contributed by atoms with E-state index in [0.717, 1.165) is 13.8 Å². The minimum absolute atomic E-state index is 0.773. The molecule has 6 aliphatic rings. The highest BCUT2D eigenvalue weighted by atomic mass is 16.8. The summed E-state index contributed by atoms with van der Waals surface area (Å²) in [6.07, 6.45) is -51.2. The van der Waals surface area contributed by atoms with Gasteiger partial charge in [0.2, 0.25) is 11.8 Å². The van der Waals surface area contributed by atoms with Gasteiger partial charge in [-0.25, -0.2) is 0 Å². The second-order valence-corrected chi connectivity index (χ2v) is 18.3. The van der Waals surface area contributed by atoms with Crippen LogP contribution in [0.2, 0.25) is 0 Å². The molecule has 0 aromatic heterocycles. The molecule has 1 unspecified atom stereocenters. The van der Waals surface area contributed by atoms with Gasteiger partial charge in [-0.1, -0.05) is 0 Å². The van der Waals surface area contributed by atoms with Gasteiger partial charge in [-0.3, -0.25) is 9.59 Å². The number of carbonyl (C=O) groups is 2. The average Bonchev–Trinajstić information content (AvgIpc) is 3.34. The number of amides is 2. The lowest BCUT2D eigenvalue weighted by Crippen LogP contribution is -2.70. The molecule has 6 aliphatic heterocycles. The Morgan fingerprint density at radius 1 is 0.389 bits per heavy atom. The first-order valence-corrected chi connectivity index (χ1v) is 23.0. The predicted octanol–water partition coefficient (Wildman–Crippen LogP) is -12.8. The average molecular weight is 1060 g/mol. The molecule has 6 rings (SSSR count). The third-order valence-corrected chi connectivity index (χ3v) is 13.2. The standard InChI is InChI=1S/C40H68N2O30/c1-9-19(49)27(57)34(35(61)63-9)72-40-30(60)33(23(53)14(6-45)66-40)71-37-18(42-11(3)48)32(22(52)13(5-44)64-37)70-39-29(59)26(56)21(51)16(68-39)8-62-36-17(41-10(2)47)24(54)31(15(7-46)67-36)69-38-28(58)25(55)20(50)12(4-43)65-38/h9,12-40,43-46,49-61H,4-8H2,1-3H3,(H,41,47)(H,42,48)/t9-,12+,13+,14+,15+,16+,17+,18+,19+,20-,21-,22+,23-,24+,25-,26-,27+,28+,29+,30+,31+,32+,33-,34-,35?,36+,37-,38-,39-,40+/m0/s1. The molecular formula is C40H68N2O30. The summed E-state index contributed by atoms with van der Waals surface area (Å²) in [6.45, 7) is -1.18. The van der Waals surface area contributed by atoms with Gasteiger partial charge in [-0.15, -0.1) is 0 Å². The fourth-order valence-electron chi connectivity index (χ4n) is 9.15. The van der Waals surface area contributed by atoms with Gasteiger partial charge in [-0.05, 0) is 6.92 Å². The van der Waals surface area contributed by atoms with Crippen molar-refractivity contribution in [2.45, 2.75) is 205 Å². The van der Waals surface area contributed by atoms with Crippen molar-refractivity contribution in [2.75, 3.05) is 33.0 Å². The summed E-state index contributed by atoms with van der Waals surface area (Å²) in [6, 6.07) is -3.37. The number of ether oxygens (including phenoxy) is 11. The Labute approximate surface area is 408 Å². The Bertz CT molecular complexity index is 1730. The minimum atomic E-state index is -2.17. The molecule has 30 atom stereocenters. The summed E-state index contributed by atoms with van der Waals surface area (Å²) in [5, 5.41) is 186. The highest BCUT2D eigenvalue weighted by molar-refractivity contribution is 5.73. The van der Waals surface area contributed by atoms with Gasteiger partial charge in [0.15, 0.2) is 37.7 Å². The summed E-state index contributed by atoms with van der Waals surface area (Å²) < 4.78 is 62.4. The van der Waals surface area contributed by atoms with E-state index in [1.807, 2.05) is 0 Å². The topological polar surface area (TPSA) is 504 Å². The van der Waals surface area contributed by atoms with Crippen molar-refractivity contribution in [3.05, 3.63) is 0 Å². The van der Waals surface area contributed by atoms with E-state index in [1.165, 1.54) is 6.92 Å². The molecule has 6 fully saturated rings. The third kappa shape index (κ3) is 12.6. The smallest absolute Gasteiger partial charge is 0.217 e. The van der Waals surface area contributed by atoms with Crippen molar-refractivity contribution < 1.29 is 149 Å². The van der Waals surface area contributed by atoms with E-state index in [9.17, 15) is 96.4 Å². The maximum absolute atomic E-state index is 12.7. The molecule has 0 aromatic rings. The Hall–Kier alpha value is -2.18. The van der Waals surface area contributed by atoms with Crippen molar-refractivity contribution in [3.63, 3.8) is 0 Å². The number of aliphatic hydroxyl groups excluding tert-OH is 17. The van der Waals surface area contributed by atoms with Gasteiger partial charge in [0, 0.05) is 13.8 Å².